The fourth-order valence-corrected chi connectivity index (χ4v) is 1.28. The molecule has 0 N–H and O–H groups in total. The Balaban J connectivity index is 0.00000324. The number of rotatable bonds is 1. The molecule has 0 radical (unpaired) electrons. The van der Waals surface area contributed by atoms with E-state index in [4.69, 9.17) is 15.8 Å². The maximum atomic E-state index is 13.3. The van der Waals surface area contributed by atoms with Gasteiger partial charge in [-0.05, 0) is 0 Å². The molecule has 1 rings (SSSR count). The zero-order valence-electron chi connectivity index (χ0n) is 9.31. The molecule has 90 valence electrons. The number of benzene rings is 1. The Morgan fingerprint density at radius 3 is 1.16 bits per heavy atom. The molecule has 0 saturated heterocycles. The predicted molar refractivity (Wildman–Crippen MR) is 48.5 cm³/mol. The van der Waals surface area contributed by atoms with Crippen LogP contribution in [-0.4, -0.2) is 6.15 Å². The number of nitriles is 3. The van der Waals surface area contributed by atoms with Gasteiger partial charge in [-0.1, -0.05) is 5.46 Å². The standard InChI is InChI=1S/C9BF5N3.Na/c11-5-4(10(1-16,2-17)3-18)6(12)8(14)9(15)7(5)13;/q-1;+1. The molecule has 1 aromatic rings. The summed E-state index contributed by atoms with van der Waals surface area (Å²) in [7, 11) is 0. The molecule has 0 heterocycles. The summed E-state index contributed by atoms with van der Waals surface area (Å²) in [5, 5.41) is 25.8. The fraction of sp³-hybridized carbons (Fsp3) is 0. The van der Waals surface area contributed by atoms with Gasteiger partial charge >= 0.3 is 35.7 Å². The molecule has 10 heteroatoms. The van der Waals surface area contributed by atoms with Crippen LogP contribution in [0.15, 0.2) is 0 Å². The van der Waals surface area contributed by atoms with E-state index in [1.54, 1.807) is 0 Å². The van der Waals surface area contributed by atoms with Crippen LogP contribution in [0, 0.1) is 62.8 Å². The van der Waals surface area contributed by atoms with Gasteiger partial charge in [0.05, 0.1) is 0 Å². The monoisotopic (exact) mass is 279 g/mol. The zero-order valence-corrected chi connectivity index (χ0v) is 11.3. The number of hydrogen-bond donors (Lipinski definition) is 0. The van der Waals surface area contributed by atoms with E-state index < -0.39 is 40.7 Å². The van der Waals surface area contributed by atoms with Crippen LogP contribution in [-0.2, 0) is 0 Å². The second kappa shape index (κ2) is 6.03. The first-order valence-corrected chi connectivity index (χ1v) is 4.27. The zero-order chi connectivity index (χ0) is 14.1. The minimum absolute atomic E-state index is 0. The number of hydrogen-bond acceptors (Lipinski definition) is 3. The number of nitrogens with zero attached hydrogens (tertiary/aromatic N) is 3. The average molecular weight is 279 g/mol. The van der Waals surface area contributed by atoms with Crippen LogP contribution in [0.1, 0.15) is 0 Å². The van der Waals surface area contributed by atoms with E-state index in [1.165, 1.54) is 0 Å². The van der Waals surface area contributed by atoms with E-state index >= 15 is 0 Å². The van der Waals surface area contributed by atoms with Crippen LogP contribution < -0.4 is 35.0 Å². The Hall–Kier alpha value is -1.60. The van der Waals surface area contributed by atoms with Gasteiger partial charge in [0.2, 0.25) is 0 Å². The summed E-state index contributed by atoms with van der Waals surface area (Å²) in [4.78, 5) is 0. The van der Waals surface area contributed by atoms with Crippen molar-refractivity contribution in [1.82, 2.24) is 0 Å². The molecule has 3 nitrogen and oxygen atoms in total. The molecule has 0 unspecified atom stereocenters. The Bertz CT molecular complexity index is 593. The first-order valence-electron chi connectivity index (χ1n) is 4.27. The van der Waals surface area contributed by atoms with E-state index in [1.807, 2.05) is 0 Å². The molecule has 1 aromatic carbocycles. The number of halogens is 5. The summed E-state index contributed by atoms with van der Waals surface area (Å²) in [5.41, 5.74) is -1.71. The minimum atomic E-state index is -3.85. The molecule has 0 amide bonds. The van der Waals surface area contributed by atoms with Gasteiger partial charge in [0.25, 0.3) is 0 Å². The quantitative estimate of drug-likeness (QED) is 0.264. The van der Waals surface area contributed by atoms with Crippen LogP contribution in [0.3, 0.4) is 0 Å². The molecule has 0 atom stereocenters. The van der Waals surface area contributed by atoms with Crippen LogP contribution in [0.2, 0.25) is 0 Å². The van der Waals surface area contributed by atoms with Gasteiger partial charge in [-0.2, -0.15) is 0 Å². The van der Waals surface area contributed by atoms with Gasteiger partial charge in [0.15, 0.2) is 17.5 Å². The second-order valence-electron chi connectivity index (χ2n) is 3.24. The third-order valence-corrected chi connectivity index (χ3v) is 2.26. The first-order chi connectivity index (χ1) is 8.36. The molecular formula is C9BF5N3Na. The van der Waals surface area contributed by atoms with E-state index in [9.17, 15) is 22.0 Å². The summed E-state index contributed by atoms with van der Waals surface area (Å²) in [6.07, 6.45) is -3.85. The van der Waals surface area contributed by atoms with Crippen molar-refractivity contribution in [2.24, 2.45) is 0 Å². The van der Waals surface area contributed by atoms with Crippen molar-refractivity contribution < 1.29 is 51.5 Å². The van der Waals surface area contributed by atoms with Crippen molar-refractivity contribution in [2.75, 3.05) is 0 Å². The first kappa shape index (κ1) is 17.4. The Morgan fingerprint density at radius 2 is 0.895 bits per heavy atom. The van der Waals surface area contributed by atoms with E-state index in [0.717, 1.165) is 17.9 Å². The van der Waals surface area contributed by atoms with E-state index in [-0.39, 0.29) is 29.6 Å². The molecule has 0 fully saturated rings. The Kier molecular flexibility index (Phi) is 5.53. The van der Waals surface area contributed by atoms with Crippen LogP contribution in [0.5, 0.6) is 0 Å². The summed E-state index contributed by atoms with van der Waals surface area (Å²) in [6, 6.07) is 0. The van der Waals surface area contributed by atoms with Crippen molar-refractivity contribution in [3.63, 3.8) is 0 Å². The average Bonchev–Trinajstić information content (AvgIpc) is 2.39. The maximum Gasteiger partial charge on any atom is 1.00 e. The normalized spacial score (nSPS) is 9.79. The van der Waals surface area contributed by atoms with Gasteiger partial charge in [0, 0.05) is 0 Å². The van der Waals surface area contributed by atoms with Crippen molar-refractivity contribution in [1.29, 1.82) is 15.8 Å². The SMILES string of the molecule is N#C[B-](C#N)(C#N)c1c(F)c(F)c(F)c(F)c1F.[Na+]. The van der Waals surface area contributed by atoms with E-state index in [2.05, 4.69) is 0 Å². The summed E-state index contributed by atoms with van der Waals surface area (Å²) in [5.74, 6) is -8.77. The van der Waals surface area contributed by atoms with Gasteiger partial charge in [-0.25, -0.2) is 37.7 Å². The van der Waals surface area contributed by atoms with Gasteiger partial charge < -0.3 is 0 Å². The molecule has 0 aromatic heterocycles. The van der Waals surface area contributed by atoms with Crippen LogP contribution in [0.4, 0.5) is 22.0 Å². The topological polar surface area (TPSA) is 71.4 Å². The van der Waals surface area contributed by atoms with Gasteiger partial charge in [-0.3, -0.25) is 0 Å². The van der Waals surface area contributed by atoms with Gasteiger partial charge in [-0.15, -0.1) is 17.9 Å². The molecule has 0 bridgehead atoms. The van der Waals surface area contributed by atoms with Crippen molar-refractivity contribution >= 4 is 11.6 Å². The summed E-state index contributed by atoms with van der Waals surface area (Å²) < 4.78 is 65.1. The Morgan fingerprint density at radius 1 is 0.632 bits per heavy atom. The third-order valence-electron chi connectivity index (χ3n) is 2.26. The molecule has 0 aliphatic heterocycles. The second-order valence-corrected chi connectivity index (χ2v) is 3.24. The molecule has 0 aliphatic rings. The molecular weight excluding hydrogens is 279 g/mol. The van der Waals surface area contributed by atoms with Crippen molar-refractivity contribution in [3.8, 4) is 17.9 Å². The summed E-state index contributed by atoms with van der Waals surface area (Å²) in [6.45, 7) is 0. The van der Waals surface area contributed by atoms with Gasteiger partial charge in [0.1, 0.15) is 11.6 Å². The van der Waals surface area contributed by atoms with Crippen molar-refractivity contribution in [3.05, 3.63) is 29.1 Å². The van der Waals surface area contributed by atoms with Crippen LogP contribution >= 0.6 is 0 Å². The molecule has 0 spiro atoms. The summed E-state index contributed by atoms with van der Waals surface area (Å²) >= 11 is 0. The van der Waals surface area contributed by atoms with E-state index in [0.29, 0.717) is 0 Å². The largest absolute Gasteiger partial charge is 1.00 e. The molecule has 0 aliphatic carbocycles. The maximum absolute atomic E-state index is 13.3. The minimum Gasteiger partial charge on any atom is -0.246 e. The van der Waals surface area contributed by atoms with Crippen LogP contribution in [0.25, 0.3) is 0 Å². The smallest absolute Gasteiger partial charge is 0.246 e. The predicted octanol–water partition coefficient (Wildman–Crippen LogP) is -1.77. The fourth-order valence-electron chi connectivity index (χ4n) is 1.28. The molecule has 0 saturated carbocycles. The Labute approximate surface area is 126 Å². The van der Waals surface area contributed by atoms with Crippen molar-refractivity contribution in [2.45, 2.75) is 0 Å². The third kappa shape index (κ3) is 2.43. The molecule has 19 heavy (non-hydrogen) atoms.